The van der Waals surface area contributed by atoms with Gasteiger partial charge in [-0.3, -0.25) is 0 Å². The predicted molar refractivity (Wildman–Crippen MR) is 60.3 cm³/mol. The molecule has 0 saturated carbocycles. The summed E-state index contributed by atoms with van der Waals surface area (Å²) in [5.74, 6) is 1.88. The van der Waals surface area contributed by atoms with E-state index in [4.69, 9.17) is 16.3 Å². The molecule has 0 unspecified atom stereocenters. The second kappa shape index (κ2) is 4.80. The van der Waals surface area contributed by atoms with E-state index in [2.05, 4.69) is 4.98 Å². The van der Waals surface area contributed by atoms with Gasteiger partial charge in [-0.1, -0.05) is 18.2 Å². The van der Waals surface area contributed by atoms with Gasteiger partial charge in [-0.05, 0) is 23.8 Å². The Bertz CT molecular complexity index is 413. The van der Waals surface area contributed by atoms with Gasteiger partial charge in [-0.2, -0.15) is 0 Å². The van der Waals surface area contributed by atoms with Crippen molar-refractivity contribution in [2.45, 2.75) is 5.88 Å². The van der Waals surface area contributed by atoms with Gasteiger partial charge in [0, 0.05) is 18.1 Å². The maximum Gasteiger partial charge on any atom is 0.219 e. The molecular formula is C12H10ClNO. The van der Waals surface area contributed by atoms with Crippen LogP contribution in [0.15, 0.2) is 48.7 Å². The van der Waals surface area contributed by atoms with Crippen LogP contribution in [0.5, 0.6) is 11.6 Å². The summed E-state index contributed by atoms with van der Waals surface area (Å²) in [4.78, 5) is 4.07. The van der Waals surface area contributed by atoms with Crippen molar-refractivity contribution in [1.82, 2.24) is 4.98 Å². The van der Waals surface area contributed by atoms with Gasteiger partial charge in [-0.25, -0.2) is 4.98 Å². The first kappa shape index (κ1) is 9.99. The van der Waals surface area contributed by atoms with Crippen LogP contribution in [0.4, 0.5) is 0 Å². The van der Waals surface area contributed by atoms with Gasteiger partial charge >= 0.3 is 0 Å². The largest absolute Gasteiger partial charge is 0.439 e. The first-order chi connectivity index (χ1) is 7.38. The molecule has 0 aliphatic heterocycles. The minimum atomic E-state index is 0.518. The highest BCUT2D eigenvalue weighted by molar-refractivity contribution is 6.17. The lowest BCUT2D eigenvalue weighted by atomic mass is 10.2. The molecule has 2 aromatic rings. The van der Waals surface area contributed by atoms with Crippen LogP contribution in [0.25, 0.3) is 0 Å². The van der Waals surface area contributed by atoms with Crippen LogP contribution >= 0.6 is 11.6 Å². The molecule has 1 heterocycles. The van der Waals surface area contributed by atoms with Crippen LogP contribution in [-0.2, 0) is 5.88 Å². The predicted octanol–water partition coefficient (Wildman–Crippen LogP) is 3.61. The third kappa shape index (κ3) is 2.70. The molecule has 1 aromatic heterocycles. The number of hydrogen-bond donors (Lipinski definition) is 0. The fourth-order valence-electron chi connectivity index (χ4n) is 1.17. The molecule has 0 N–H and O–H groups in total. The molecule has 76 valence electrons. The van der Waals surface area contributed by atoms with E-state index in [-0.39, 0.29) is 0 Å². The number of halogens is 1. The van der Waals surface area contributed by atoms with Crippen molar-refractivity contribution in [2.75, 3.05) is 0 Å². The van der Waals surface area contributed by atoms with Crippen molar-refractivity contribution in [1.29, 1.82) is 0 Å². The first-order valence-corrected chi connectivity index (χ1v) is 5.16. The van der Waals surface area contributed by atoms with Gasteiger partial charge in [0.1, 0.15) is 5.75 Å². The summed E-state index contributed by atoms with van der Waals surface area (Å²) < 4.78 is 5.52. The molecule has 1 aromatic carbocycles. The zero-order valence-electron chi connectivity index (χ0n) is 8.06. The number of rotatable bonds is 3. The summed E-state index contributed by atoms with van der Waals surface area (Å²) in [6.45, 7) is 0. The summed E-state index contributed by atoms with van der Waals surface area (Å²) in [6, 6.07) is 13.2. The van der Waals surface area contributed by atoms with Gasteiger partial charge in [0.25, 0.3) is 0 Å². The molecule has 0 radical (unpaired) electrons. The van der Waals surface area contributed by atoms with Crippen molar-refractivity contribution < 1.29 is 4.74 Å². The molecule has 3 heteroatoms. The molecule has 0 atom stereocenters. The average molecular weight is 220 g/mol. The Morgan fingerprint density at radius 1 is 1.07 bits per heavy atom. The van der Waals surface area contributed by atoms with Crippen molar-refractivity contribution >= 4 is 11.6 Å². The van der Waals surface area contributed by atoms with E-state index in [0.717, 1.165) is 11.3 Å². The third-order valence-electron chi connectivity index (χ3n) is 1.94. The summed E-state index contributed by atoms with van der Waals surface area (Å²) in [5.41, 5.74) is 1.07. The number of ether oxygens (including phenoxy) is 1. The Labute approximate surface area is 93.5 Å². The molecule has 0 bridgehead atoms. The Morgan fingerprint density at radius 3 is 2.47 bits per heavy atom. The van der Waals surface area contributed by atoms with Crippen LogP contribution in [0.3, 0.4) is 0 Å². The van der Waals surface area contributed by atoms with Gasteiger partial charge in [-0.15, -0.1) is 11.6 Å². The third-order valence-corrected chi connectivity index (χ3v) is 2.25. The standard InChI is InChI=1S/C12H10ClNO/c13-9-10-4-6-11(7-5-10)15-12-3-1-2-8-14-12/h1-8H,9H2. The highest BCUT2D eigenvalue weighted by Crippen LogP contribution is 2.19. The number of alkyl halides is 1. The summed E-state index contributed by atoms with van der Waals surface area (Å²) in [7, 11) is 0. The lowest BCUT2D eigenvalue weighted by molar-refractivity contribution is 0.463. The van der Waals surface area contributed by atoms with Crippen molar-refractivity contribution in [2.24, 2.45) is 0 Å². The van der Waals surface area contributed by atoms with E-state index < -0.39 is 0 Å². The Morgan fingerprint density at radius 2 is 1.87 bits per heavy atom. The molecule has 0 saturated heterocycles. The van der Waals surface area contributed by atoms with Crippen LogP contribution in [0, 0.1) is 0 Å². The lowest BCUT2D eigenvalue weighted by Gasteiger charge is -2.04. The highest BCUT2D eigenvalue weighted by Gasteiger charge is 1.97. The Balaban J connectivity index is 2.11. The smallest absolute Gasteiger partial charge is 0.219 e. The number of aromatic nitrogens is 1. The molecule has 0 spiro atoms. The topological polar surface area (TPSA) is 22.1 Å². The fourth-order valence-corrected chi connectivity index (χ4v) is 1.35. The van der Waals surface area contributed by atoms with Crippen LogP contribution in [-0.4, -0.2) is 4.98 Å². The number of pyridine rings is 1. The van der Waals surface area contributed by atoms with E-state index in [0.29, 0.717) is 11.8 Å². The second-order valence-corrected chi connectivity index (χ2v) is 3.31. The van der Waals surface area contributed by atoms with Gasteiger partial charge in [0.15, 0.2) is 0 Å². The molecule has 0 aliphatic carbocycles. The lowest BCUT2D eigenvalue weighted by Crippen LogP contribution is -1.86. The molecule has 0 aliphatic rings. The van der Waals surface area contributed by atoms with E-state index >= 15 is 0 Å². The first-order valence-electron chi connectivity index (χ1n) is 4.62. The average Bonchev–Trinajstić information content (AvgIpc) is 2.31. The summed E-state index contributed by atoms with van der Waals surface area (Å²) in [5, 5.41) is 0. The number of nitrogens with zero attached hydrogens (tertiary/aromatic N) is 1. The molecule has 0 amide bonds. The molecule has 2 rings (SSSR count). The van der Waals surface area contributed by atoms with Crippen LogP contribution < -0.4 is 4.74 Å². The summed E-state index contributed by atoms with van der Waals surface area (Å²) in [6.07, 6.45) is 1.70. The Kier molecular flexibility index (Phi) is 3.20. The molecule has 2 nitrogen and oxygen atoms in total. The minimum absolute atomic E-state index is 0.518. The molecule has 15 heavy (non-hydrogen) atoms. The van der Waals surface area contributed by atoms with E-state index in [1.165, 1.54) is 0 Å². The van der Waals surface area contributed by atoms with Crippen molar-refractivity contribution in [3.8, 4) is 11.6 Å². The van der Waals surface area contributed by atoms with Crippen LogP contribution in [0.1, 0.15) is 5.56 Å². The van der Waals surface area contributed by atoms with Gasteiger partial charge < -0.3 is 4.74 Å². The van der Waals surface area contributed by atoms with Crippen molar-refractivity contribution in [3.05, 3.63) is 54.2 Å². The molecule has 0 fully saturated rings. The number of hydrogen-bond acceptors (Lipinski definition) is 2. The SMILES string of the molecule is ClCc1ccc(Oc2ccccn2)cc1. The fraction of sp³-hybridized carbons (Fsp3) is 0.0833. The number of benzene rings is 1. The van der Waals surface area contributed by atoms with E-state index in [9.17, 15) is 0 Å². The maximum absolute atomic E-state index is 5.69. The van der Waals surface area contributed by atoms with Gasteiger partial charge in [0.2, 0.25) is 5.88 Å². The van der Waals surface area contributed by atoms with Crippen molar-refractivity contribution in [3.63, 3.8) is 0 Å². The normalized spacial score (nSPS) is 9.93. The van der Waals surface area contributed by atoms with E-state index in [1.807, 2.05) is 42.5 Å². The molecular weight excluding hydrogens is 210 g/mol. The second-order valence-electron chi connectivity index (χ2n) is 3.05. The zero-order chi connectivity index (χ0) is 10.5. The zero-order valence-corrected chi connectivity index (χ0v) is 8.82. The maximum atomic E-state index is 5.69. The Hall–Kier alpha value is -1.54. The van der Waals surface area contributed by atoms with E-state index in [1.54, 1.807) is 6.20 Å². The quantitative estimate of drug-likeness (QED) is 0.736. The van der Waals surface area contributed by atoms with Crippen LogP contribution in [0.2, 0.25) is 0 Å². The van der Waals surface area contributed by atoms with Gasteiger partial charge in [0.05, 0.1) is 0 Å². The highest BCUT2D eigenvalue weighted by atomic mass is 35.5. The minimum Gasteiger partial charge on any atom is -0.439 e. The monoisotopic (exact) mass is 219 g/mol. The summed E-state index contributed by atoms with van der Waals surface area (Å²) >= 11 is 5.69.